The number of aromatic nitrogens is 2. The van der Waals surface area contributed by atoms with Crippen LogP contribution in [-0.2, 0) is 34.7 Å². The Balaban J connectivity index is 1.69. The molecule has 1 aromatic heterocycles. The maximum Gasteiger partial charge on any atom is 0.161 e. The quantitative estimate of drug-likeness (QED) is 0.813. The predicted octanol–water partition coefficient (Wildman–Crippen LogP) is 0.962. The minimum atomic E-state index is -2.08. The van der Waals surface area contributed by atoms with Gasteiger partial charge in [0.25, 0.3) is 0 Å². The summed E-state index contributed by atoms with van der Waals surface area (Å²) in [6.45, 7) is 4.62. The second-order valence-corrected chi connectivity index (χ2v) is 7.04. The molecule has 0 aliphatic carbocycles. The molecular formula is C17H19N4O3S-. The van der Waals surface area contributed by atoms with Crippen molar-refractivity contribution in [2.75, 3.05) is 31.2 Å². The van der Waals surface area contributed by atoms with Crippen LogP contribution in [0.3, 0.4) is 0 Å². The van der Waals surface area contributed by atoms with Gasteiger partial charge in [0, 0.05) is 43.1 Å². The molecule has 1 atom stereocenters. The van der Waals surface area contributed by atoms with E-state index in [1.165, 1.54) is 5.56 Å². The molecule has 2 aromatic rings. The van der Waals surface area contributed by atoms with Gasteiger partial charge in [-0.1, -0.05) is 35.3 Å². The van der Waals surface area contributed by atoms with E-state index < -0.39 is 11.1 Å². The molecule has 2 aliphatic heterocycles. The lowest BCUT2D eigenvalue weighted by molar-refractivity contribution is 0.122. The first-order valence-electron chi connectivity index (χ1n) is 8.29. The standard InChI is InChI=1S/C17H20N4O3S/c22-25(23)11-12-1-3-13(4-2-12)16-19-15-10-18-9-14(15)17(20-16)21-5-7-24-8-6-21/h1-4,18H,5-11H2,(H,22,23)/p-1. The molecule has 2 aliphatic rings. The molecule has 0 radical (unpaired) electrons. The fourth-order valence-electron chi connectivity index (χ4n) is 3.20. The monoisotopic (exact) mass is 359 g/mol. The van der Waals surface area contributed by atoms with Gasteiger partial charge >= 0.3 is 0 Å². The van der Waals surface area contributed by atoms with Crippen LogP contribution in [0.4, 0.5) is 5.82 Å². The molecule has 1 unspecified atom stereocenters. The van der Waals surface area contributed by atoms with E-state index in [0.717, 1.165) is 48.8 Å². The molecule has 0 spiro atoms. The maximum absolute atomic E-state index is 10.8. The minimum absolute atomic E-state index is 0.0221. The number of ether oxygens (including phenoxy) is 1. The second kappa shape index (κ2) is 7.17. The fourth-order valence-corrected chi connectivity index (χ4v) is 3.67. The third-order valence-corrected chi connectivity index (χ3v) is 5.04. The van der Waals surface area contributed by atoms with Crippen molar-refractivity contribution in [3.05, 3.63) is 41.1 Å². The molecule has 8 heteroatoms. The van der Waals surface area contributed by atoms with Crippen molar-refractivity contribution in [2.45, 2.75) is 18.8 Å². The normalized spacial score (nSPS) is 18.2. The molecule has 1 N–H and O–H groups in total. The van der Waals surface area contributed by atoms with E-state index in [9.17, 15) is 8.76 Å². The molecule has 0 amide bonds. The van der Waals surface area contributed by atoms with Crippen molar-refractivity contribution in [1.29, 1.82) is 0 Å². The summed E-state index contributed by atoms with van der Waals surface area (Å²) >= 11 is -2.08. The number of fused-ring (bicyclic) bond motifs is 1. The minimum Gasteiger partial charge on any atom is -0.772 e. The van der Waals surface area contributed by atoms with Crippen molar-refractivity contribution in [2.24, 2.45) is 0 Å². The molecule has 3 heterocycles. The average Bonchev–Trinajstić information content (AvgIpc) is 3.10. The first-order chi connectivity index (χ1) is 12.2. The van der Waals surface area contributed by atoms with Crippen molar-refractivity contribution < 1.29 is 13.5 Å². The van der Waals surface area contributed by atoms with Crippen LogP contribution in [0.1, 0.15) is 16.8 Å². The van der Waals surface area contributed by atoms with Gasteiger partial charge in [-0.2, -0.15) is 0 Å². The number of hydrogen-bond donors (Lipinski definition) is 1. The van der Waals surface area contributed by atoms with Crippen LogP contribution in [0.15, 0.2) is 24.3 Å². The van der Waals surface area contributed by atoms with Crippen LogP contribution >= 0.6 is 0 Å². The Kier molecular flexibility index (Phi) is 4.76. The Hall–Kier alpha value is -1.87. The highest BCUT2D eigenvalue weighted by Gasteiger charge is 2.24. The van der Waals surface area contributed by atoms with Crippen molar-refractivity contribution >= 4 is 16.9 Å². The van der Waals surface area contributed by atoms with E-state index in [0.29, 0.717) is 19.0 Å². The van der Waals surface area contributed by atoms with Gasteiger partial charge in [0.2, 0.25) is 0 Å². The van der Waals surface area contributed by atoms with Crippen LogP contribution < -0.4 is 10.2 Å². The lowest BCUT2D eigenvalue weighted by Gasteiger charge is -2.29. The van der Waals surface area contributed by atoms with Gasteiger partial charge in [-0.3, -0.25) is 4.21 Å². The van der Waals surface area contributed by atoms with Crippen LogP contribution in [0.25, 0.3) is 11.4 Å². The average molecular weight is 359 g/mol. The van der Waals surface area contributed by atoms with E-state index >= 15 is 0 Å². The highest BCUT2D eigenvalue weighted by atomic mass is 32.2. The molecule has 25 heavy (non-hydrogen) atoms. The summed E-state index contributed by atoms with van der Waals surface area (Å²) in [4.78, 5) is 11.8. The zero-order valence-electron chi connectivity index (χ0n) is 13.7. The van der Waals surface area contributed by atoms with Gasteiger partial charge in [-0.05, 0) is 5.56 Å². The summed E-state index contributed by atoms with van der Waals surface area (Å²) in [5, 5.41) is 3.35. The topological polar surface area (TPSA) is 90.4 Å². The van der Waals surface area contributed by atoms with E-state index in [2.05, 4.69) is 10.2 Å². The SMILES string of the molecule is O=S([O-])Cc1ccc(-c2nc3c(c(N4CCOCC4)n2)CNC3)cc1. The fraction of sp³-hybridized carbons (Fsp3) is 0.412. The highest BCUT2D eigenvalue weighted by molar-refractivity contribution is 7.78. The number of nitrogens with zero attached hydrogens (tertiary/aromatic N) is 3. The second-order valence-electron chi connectivity index (χ2n) is 6.14. The van der Waals surface area contributed by atoms with Crippen molar-refractivity contribution in [3.8, 4) is 11.4 Å². The van der Waals surface area contributed by atoms with Gasteiger partial charge in [0.05, 0.1) is 18.9 Å². The summed E-state index contributed by atoms with van der Waals surface area (Å²) in [6.07, 6.45) is 0. The third-order valence-electron chi connectivity index (χ3n) is 4.47. The highest BCUT2D eigenvalue weighted by Crippen LogP contribution is 2.28. The third kappa shape index (κ3) is 3.57. The Morgan fingerprint density at radius 1 is 1.16 bits per heavy atom. The Bertz CT molecular complexity index is 791. The zero-order chi connectivity index (χ0) is 17.2. The Morgan fingerprint density at radius 2 is 1.92 bits per heavy atom. The van der Waals surface area contributed by atoms with E-state index in [1.807, 2.05) is 24.3 Å². The van der Waals surface area contributed by atoms with Crippen LogP contribution in [0.5, 0.6) is 0 Å². The van der Waals surface area contributed by atoms with E-state index in [4.69, 9.17) is 14.7 Å². The molecule has 4 rings (SSSR count). The van der Waals surface area contributed by atoms with Crippen LogP contribution in [0.2, 0.25) is 0 Å². The maximum atomic E-state index is 10.8. The zero-order valence-corrected chi connectivity index (χ0v) is 14.6. The van der Waals surface area contributed by atoms with Crippen molar-refractivity contribution in [3.63, 3.8) is 0 Å². The number of nitrogens with one attached hydrogen (secondary N) is 1. The predicted molar refractivity (Wildman–Crippen MR) is 93.7 cm³/mol. The number of hydrogen-bond acceptors (Lipinski definition) is 7. The largest absolute Gasteiger partial charge is 0.772 e. The van der Waals surface area contributed by atoms with Gasteiger partial charge in [0.1, 0.15) is 5.82 Å². The smallest absolute Gasteiger partial charge is 0.161 e. The van der Waals surface area contributed by atoms with Crippen molar-refractivity contribution in [1.82, 2.24) is 15.3 Å². The molecule has 7 nitrogen and oxygen atoms in total. The van der Waals surface area contributed by atoms with Gasteiger partial charge < -0.3 is 19.5 Å². The summed E-state index contributed by atoms with van der Waals surface area (Å²) in [5.41, 5.74) is 3.86. The molecular weight excluding hydrogens is 340 g/mol. The number of morpholine rings is 1. The number of rotatable bonds is 4. The van der Waals surface area contributed by atoms with E-state index in [-0.39, 0.29) is 5.75 Å². The lowest BCUT2D eigenvalue weighted by Crippen LogP contribution is -2.37. The Labute approximate surface area is 148 Å². The van der Waals surface area contributed by atoms with Gasteiger partial charge in [-0.15, -0.1) is 0 Å². The Morgan fingerprint density at radius 3 is 2.64 bits per heavy atom. The summed E-state index contributed by atoms with van der Waals surface area (Å²) in [5.74, 6) is 1.69. The first kappa shape index (κ1) is 16.6. The van der Waals surface area contributed by atoms with E-state index in [1.54, 1.807) is 0 Å². The molecule has 132 valence electrons. The number of benzene rings is 1. The van der Waals surface area contributed by atoms with Crippen LogP contribution in [0, 0.1) is 0 Å². The molecule has 0 saturated carbocycles. The lowest BCUT2D eigenvalue weighted by atomic mass is 10.1. The molecule has 1 saturated heterocycles. The summed E-state index contributed by atoms with van der Waals surface area (Å²) < 4.78 is 27.1. The summed E-state index contributed by atoms with van der Waals surface area (Å²) in [7, 11) is 0. The molecule has 1 aromatic carbocycles. The molecule has 0 bridgehead atoms. The van der Waals surface area contributed by atoms with Crippen LogP contribution in [-0.4, -0.2) is 45.0 Å². The summed E-state index contributed by atoms with van der Waals surface area (Å²) in [6, 6.07) is 7.40. The molecule has 1 fully saturated rings. The first-order valence-corrected chi connectivity index (χ1v) is 9.53. The number of anilines is 1. The van der Waals surface area contributed by atoms with Gasteiger partial charge in [-0.25, -0.2) is 9.97 Å². The van der Waals surface area contributed by atoms with Gasteiger partial charge in [0.15, 0.2) is 5.82 Å².